The number of benzene rings is 2. The first-order valence-electron chi connectivity index (χ1n) is 6.86. The molecule has 0 aliphatic heterocycles. The molecule has 2 N–H and O–H groups in total. The van der Waals surface area contributed by atoms with E-state index in [0.717, 1.165) is 0 Å². The van der Waals surface area contributed by atoms with E-state index in [0.29, 0.717) is 40.1 Å². The Kier molecular flexibility index (Phi) is 5.77. The first-order chi connectivity index (χ1) is 10.7. The van der Waals surface area contributed by atoms with Crippen molar-refractivity contribution in [3.05, 3.63) is 70.6 Å². The van der Waals surface area contributed by atoms with Gasteiger partial charge in [0.25, 0.3) is 0 Å². The first-order valence-corrected chi connectivity index (χ1v) is 7.24. The van der Waals surface area contributed by atoms with Crippen LogP contribution in [0.1, 0.15) is 11.1 Å². The van der Waals surface area contributed by atoms with Gasteiger partial charge in [0.2, 0.25) is 0 Å². The quantitative estimate of drug-likeness (QED) is 0.729. The summed E-state index contributed by atoms with van der Waals surface area (Å²) in [6, 6.07) is 11.9. The van der Waals surface area contributed by atoms with Gasteiger partial charge in [-0.1, -0.05) is 29.8 Å². The van der Waals surface area contributed by atoms with Gasteiger partial charge >= 0.3 is 0 Å². The molecule has 0 bridgehead atoms. The van der Waals surface area contributed by atoms with Crippen LogP contribution in [0.2, 0.25) is 5.02 Å². The van der Waals surface area contributed by atoms with Crippen LogP contribution in [-0.4, -0.2) is 10.1 Å². The summed E-state index contributed by atoms with van der Waals surface area (Å²) >= 11 is 6.22. The molecule has 3 aromatic rings. The van der Waals surface area contributed by atoms with Crippen LogP contribution in [-0.2, 0) is 13.1 Å². The molecule has 3 nitrogen and oxygen atoms in total. The minimum Gasteiger partial charge on any atom is -0.505 e. The van der Waals surface area contributed by atoms with Gasteiger partial charge in [-0.15, -0.1) is 12.4 Å². The minimum absolute atomic E-state index is 0. The van der Waals surface area contributed by atoms with Gasteiger partial charge in [-0.25, -0.2) is 4.39 Å². The Morgan fingerprint density at radius 1 is 1.09 bits per heavy atom. The smallest absolute Gasteiger partial charge is 0.146 e. The molecule has 0 atom stereocenters. The molecule has 2 aromatic carbocycles. The number of aromatic hydroxyl groups is 1. The number of aromatic nitrogens is 1. The lowest BCUT2D eigenvalue weighted by atomic mass is 10.1. The maximum absolute atomic E-state index is 13.5. The number of nitrogens with zero attached hydrogens (tertiary/aromatic N) is 1. The number of hydrogen-bond acceptors (Lipinski definition) is 3. The van der Waals surface area contributed by atoms with Crippen molar-refractivity contribution >= 4 is 34.9 Å². The normalized spacial score (nSPS) is 10.5. The van der Waals surface area contributed by atoms with Crippen LogP contribution in [0.4, 0.5) is 4.39 Å². The third-order valence-electron chi connectivity index (χ3n) is 3.48. The van der Waals surface area contributed by atoms with E-state index in [1.807, 2.05) is 0 Å². The highest BCUT2D eigenvalue weighted by Gasteiger charge is 2.11. The van der Waals surface area contributed by atoms with Crippen LogP contribution in [0.3, 0.4) is 0 Å². The summed E-state index contributed by atoms with van der Waals surface area (Å²) in [4.78, 5) is 4.16. The summed E-state index contributed by atoms with van der Waals surface area (Å²) in [5, 5.41) is 14.6. The Bertz CT molecular complexity index is 827. The van der Waals surface area contributed by atoms with Crippen molar-refractivity contribution in [2.24, 2.45) is 0 Å². The fourth-order valence-corrected chi connectivity index (χ4v) is 2.63. The van der Waals surface area contributed by atoms with Crippen LogP contribution in [0, 0.1) is 5.82 Å². The van der Waals surface area contributed by atoms with Crippen molar-refractivity contribution < 1.29 is 9.50 Å². The van der Waals surface area contributed by atoms with E-state index in [1.54, 1.807) is 42.6 Å². The van der Waals surface area contributed by atoms with E-state index in [4.69, 9.17) is 11.6 Å². The van der Waals surface area contributed by atoms with Gasteiger partial charge in [0.1, 0.15) is 17.1 Å². The Balaban J connectivity index is 0.00000192. The van der Waals surface area contributed by atoms with Crippen LogP contribution < -0.4 is 5.32 Å². The molecule has 0 spiro atoms. The van der Waals surface area contributed by atoms with Gasteiger partial charge in [-0.2, -0.15) is 0 Å². The summed E-state index contributed by atoms with van der Waals surface area (Å²) in [5.74, 6) is -0.154. The van der Waals surface area contributed by atoms with Crippen molar-refractivity contribution in [3.8, 4) is 5.75 Å². The molecule has 0 aliphatic rings. The van der Waals surface area contributed by atoms with Crippen LogP contribution in [0.5, 0.6) is 5.75 Å². The summed E-state index contributed by atoms with van der Waals surface area (Å²) in [5.41, 5.74) is 1.68. The van der Waals surface area contributed by atoms with Gasteiger partial charge in [-0.05, 0) is 24.3 Å². The molecule has 0 radical (unpaired) electrons. The number of rotatable bonds is 4. The van der Waals surface area contributed by atoms with E-state index >= 15 is 0 Å². The lowest BCUT2D eigenvalue weighted by molar-refractivity contribution is 0.469. The Morgan fingerprint density at radius 3 is 2.61 bits per heavy atom. The summed E-state index contributed by atoms with van der Waals surface area (Å²) in [6.07, 6.45) is 1.61. The first kappa shape index (κ1) is 17.5. The third kappa shape index (κ3) is 3.72. The van der Waals surface area contributed by atoms with Gasteiger partial charge in [-0.3, -0.25) is 4.98 Å². The highest BCUT2D eigenvalue weighted by Crippen LogP contribution is 2.32. The van der Waals surface area contributed by atoms with Crippen molar-refractivity contribution in [2.45, 2.75) is 13.1 Å². The maximum atomic E-state index is 13.5. The van der Waals surface area contributed by atoms with E-state index in [9.17, 15) is 9.50 Å². The fourth-order valence-electron chi connectivity index (χ4n) is 2.35. The number of fused-ring (bicyclic) bond motifs is 1. The van der Waals surface area contributed by atoms with Crippen LogP contribution in [0.25, 0.3) is 10.9 Å². The minimum atomic E-state index is -0.252. The Morgan fingerprint density at radius 2 is 1.83 bits per heavy atom. The van der Waals surface area contributed by atoms with E-state index in [-0.39, 0.29) is 24.0 Å². The topological polar surface area (TPSA) is 45.1 Å². The molecule has 0 unspecified atom stereocenters. The lowest BCUT2D eigenvalue weighted by Gasteiger charge is -2.10. The highest BCUT2D eigenvalue weighted by atomic mass is 35.5. The number of phenols is 1. The standard InChI is InChI=1S/C17H14ClFN2O.ClH/c18-14-8-12(17(22)16-13(14)5-3-7-21-16)10-20-9-11-4-1-2-6-15(11)19;/h1-8,20,22H,9-10H2;1H. The molecule has 120 valence electrons. The average Bonchev–Trinajstić information content (AvgIpc) is 2.54. The molecule has 23 heavy (non-hydrogen) atoms. The molecule has 1 aromatic heterocycles. The van der Waals surface area contributed by atoms with Crippen molar-refractivity contribution in [1.82, 2.24) is 10.3 Å². The van der Waals surface area contributed by atoms with Gasteiger partial charge in [0, 0.05) is 35.8 Å². The highest BCUT2D eigenvalue weighted by molar-refractivity contribution is 6.35. The SMILES string of the molecule is Cl.Oc1c(CNCc2ccccc2F)cc(Cl)c2cccnc12. The zero-order valence-corrected chi connectivity index (χ0v) is 13.7. The molecule has 3 rings (SSSR count). The molecular formula is C17H15Cl2FN2O. The number of nitrogens with one attached hydrogen (secondary N) is 1. The van der Waals surface area contributed by atoms with Crippen molar-refractivity contribution in [3.63, 3.8) is 0 Å². The largest absolute Gasteiger partial charge is 0.505 e. The zero-order chi connectivity index (χ0) is 15.5. The molecular weight excluding hydrogens is 338 g/mol. The van der Waals surface area contributed by atoms with Gasteiger partial charge < -0.3 is 10.4 Å². The van der Waals surface area contributed by atoms with Crippen LogP contribution in [0.15, 0.2) is 48.7 Å². The summed E-state index contributed by atoms with van der Waals surface area (Å²) in [7, 11) is 0. The van der Waals surface area contributed by atoms with Crippen molar-refractivity contribution in [1.29, 1.82) is 0 Å². The second kappa shape index (κ2) is 7.59. The van der Waals surface area contributed by atoms with Gasteiger partial charge in [0.05, 0.1) is 5.02 Å². The Hall–Kier alpha value is -1.88. The predicted octanol–water partition coefficient (Wildman–Crippen LogP) is 4.44. The van der Waals surface area contributed by atoms with E-state index < -0.39 is 0 Å². The summed E-state index contributed by atoms with van der Waals surface area (Å²) < 4.78 is 13.5. The van der Waals surface area contributed by atoms with Crippen molar-refractivity contribution in [2.75, 3.05) is 0 Å². The molecule has 0 amide bonds. The number of pyridine rings is 1. The number of halogens is 3. The second-order valence-corrected chi connectivity index (χ2v) is 5.37. The fraction of sp³-hybridized carbons (Fsp3) is 0.118. The zero-order valence-electron chi connectivity index (χ0n) is 12.1. The predicted molar refractivity (Wildman–Crippen MR) is 92.6 cm³/mol. The average molecular weight is 353 g/mol. The molecule has 6 heteroatoms. The lowest BCUT2D eigenvalue weighted by Crippen LogP contribution is -2.14. The second-order valence-electron chi connectivity index (χ2n) is 4.96. The molecule has 0 fully saturated rings. The van der Waals surface area contributed by atoms with E-state index in [1.165, 1.54) is 6.07 Å². The molecule has 0 saturated heterocycles. The number of hydrogen-bond donors (Lipinski definition) is 2. The Labute approximate surface area is 144 Å². The number of phenolic OH excluding ortho intramolecular Hbond substituents is 1. The monoisotopic (exact) mass is 352 g/mol. The summed E-state index contributed by atoms with van der Waals surface area (Å²) in [6.45, 7) is 0.733. The molecule has 0 saturated carbocycles. The molecule has 1 heterocycles. The van der Waals surface area contributed by atoms with Crippen LogP contribution >= 0.6 is 24.0 Å². The third-order valence-corrected chi connectivity index (χ3v) is 3.80. The maximum Gasteiger partial charge on any atom is 0.146 e. The van der Waals surface area contributed by atoms with E-state index in [2.05, 4.69) is 10.3 Å². The van der Waals surface area contributed by atoms with Gasteiger partial charge in [0.15, 0.2) is 0 Å². The molecule has 0 aliphatic carbocycles.